The van der Waals surface area contributed by atoms with E-state index < -0.39 is 17.8 Å². The van der Waals surface area contributed by atoms with E-state index >= 15 is 0 Å². The molecule has 2 heterocycles. The molecule has 30 heavy (non-hydrogen) atoms. The SMILES string of the molecule is O=C(Nc1cc(F)nc(F)c1)C1=NN(Cc2ccc(Cl)cc2Cl)C2CCCCCC12. The molecule has 158 valence electrons. The molecule has 1 amide bonds. The zero-order valence-electron chi connectivity index (χ0n) is 16.0. The molecule has 1 fully saturated rings. The molecular formula is C21H20Cl2F2N4O. The number of amides is 1. The van der Waals surface area contributed by atoms with Crippen LogP contribution in [0.25, 0.3) is 0 Å². The molecule has 4 rings (SSSR count). The highest BCUT2D eigenvalue weighted by Crippen LogP contribution is 2.36. The number of nitrogens with zero attached hydrogens (tertiary/aromatic N) is 3. The van der Waals surface area contributed by atoms with E-state index in [0.29, 0.717) is 22.3 Å². The number of nitrogens with one attached hydrogen (secondary N) is 1. The summed E-state index contributed by atoms with van der Waals surface area (Å²) >= 11 is 12.3. The first-order valence-corrected chi connectivity index (χ1v) is 10.6. The summed E-state index contributed by atoms with van der Waals surface area (Å²) in [6.45, 7) is 0.451. The average molecular weight is 453 g/mol. The second-order valence-corrected chi connectivity index (χ2v) is 8.43. The third kappa shape index (κ3) is 4.57. The van der Waals surface area contributed by atoms with Crippen LogP contribution in [0.3, 0.4) is 0 Å². The maximum atomic E-state index is 13.4. The van der Waals surface area contributed by atoms with Gasteiger partial charge in [0.1, 0.15) is 5.71 Å². The molecule has 2 unspecified atom stereocenters. The lowest BCUT2D eigenvalue weighted by atomic mass is 9.90. The maximum Gasteiger partial charge on any atom is 0.272 e. The summed E-state index contributed by atoms with van der Waals surface area (Å²) in [6, 6.07) is 7.34. The Morgan fingerprint density at radius 3 is 2.57 bits per heavy atom. The summed E-state index contributed by atoms with van der Waals surface area (Å²) in [7, 11) is 0. The van der Waals surface area contributed by atoms with Gasteiger partial charge in [0.05, 0.1) is 18.3 Å². The third-order valence-electron chi connectivity index (χ3n) is 5.55. The highest BCUT2D eigenvalue weighted by Gasteiger charge is 2.40. The van der Waals surface area contributed by atoms with Gasteiger partial charge in [-0.1, -0.05) is 48.5 Å². The standard InChI is InChI=1S/C21H20Cl2F2N4O/c22-13-7-6-12(16(23)8-13)11-29-17-5-3-1-2-4-15(17)20(28-29)21(30)26-14-9-18(24)27-19(25)10-14/h6-10,15,17H,1-5,11H2,(H,26,27,30). The summed E-state index contributed by atoms with van der Waals surface area (Å²) in [5.41, 5.74) is 1.26. The summed E-state index contributed by atoms with van der Waals surface area (Å²) in [5, 5.41) is 10.2. The molecule has 1 N–H and O–H groups in total. The first kappa shape index (κ1) is 21.0. The van der Waals surface area contributed by atoms with Crippen LogP contribution in [0.15, 0.2) is 35.4 Å². The molecule has 5 nitrogen and oxygen atoms in total. The predicted octanol–water partition coefficient (Wildman–Crippen LogP) is 5.43. The number of halogens is 4. The molecule has 1 aromatic carbocycles. The Hall–Kier alpha value is -2.25. The molecule has 1 aromatic heterocycles. The molecule has 2 atom stereocenters. The van der Waals surface area contributed by atoms with Crippen LogP contribution in [0.5, 0.6) is 0 Å². The lowest BCUT2D eigenvalue weighted by Gasteiger charge is -2.27. The van der Waals surface area contributed by atoms with Crippen molar-refractivity contribution in [1.29, 1.82) is 0 Å². The van der Waals surface area contributed by atoms with Crippen molar-refractivity contribution in [2.24, 2.45) is 11.0 Å². The van der Waals surface area contributed by atoms with Crippen molar-refractivity contribution in [3.05, 3.63) is 57.8 Å². The fraction of sp³-hybridized carbons (Fsp3) is 0.381. The van der Waals surface area contributed by atoms with E-state index in [1.165, 1.54) is 0 Å². The van der Waals surface area contributed by atoms with Gasteiger partial charge in [0, 0.05) is 28.1 Å². The molecule has 1 aliphatic carbocycles. The Morgan fingerprint density at radius 1 is 1.10 bits per heavy atom. The van der Waals surface area contributed by atoms with Gasteiger partial charge in [-0.2, -0.15) is 18.9 Å². The number of benzene rings is 1. The minimum Gasteiger partial charge on any atom is -0.321 e. The molecule has 1 aliphatic heterocycles. The second-order valence-electron chi connectivity index (χ2n) is 7.59. The Kier molecular flexibility index (Phi) is 6.20. The van der Waals surface area contributed by atoms with Crippen molar-refractivity contribution < 1.29 is 13.6 Å². The first-order chi connectivity index (χ1) is 14.4. The predicted molar refractivity (Wildman–Crippen MR) is 113 cm³/mol. The number of carbonyl (C=O) groups excluding carboxylic acids is 1. The van der Waals surface area contributed by atoms with Crippen LogP contribution in [0.2, 0.25) is 10.0 Å². The van der Waals surface area contributed by atoms with E-state index in [4.69, 9.17) is 23.2 Å². The monoisotopic (exact) mass is 452 g/mol. The van der Waals surface area contributed by atoms with Gasteiger partial charge < -0.3 is 5.32 Å². The number of rotatable bonds is 4. The molecule has 9 heteroatoms. The lowest BCUT2D eigenvalue weighted by molar-refractivity contribution is -0.110. The Bertz CT molecular complexity index is 981. The van der Waals surface area contributed by atoms with Crippen LogP contribution in [-0.4, -0.2) is 27.7 Å². The summed E-state index contributed by atoms with van der Waals surface area (Å²) in [6.07, 6.45) is 4.90. The molecule has 0 radical (unpaired) electrons. The number of aromatic nitrogens is 1. The maximum absolute atomic E-state index is 13.4. The molecule has 0 spiro atoms. The lowest BCUT2D eigenvalue weighted by Crippen LogP contribution is -2.35. The Morgan fingerprint density at radius 2 is 1.83 bits per heavy atom. The van der Waals surface area contributed by atoms with Gasteiger partial charge in [0.2, 0.25) is 11.9 Å². The molecular weight excluding hydrogens is 433 g/mol. The van der Waals surface area contributed by atoms with Crippen LogP contribution in [0.1, 0.15) is 37.7 Å². The normalized spacial score (nSPS) is 21.1. The van der Waals surface area contributed by atoms with Crippen LogP contribution in [0.4, 0.5) is 14.5 Å². The van der Waals surface area contributed by atoms with E-state index in [2.05, 4.69) is 15.4 Å². The van der Waals surface area contributed by atoms with Gasteiger partial charge >= 0.3 is 0 Å². The van der Waals surface area contributed by atoms with Crippen molar-refractivity contribution in [2.75, 3.05) is 5.32 Å². The van der Waals surface area contributed by atoms with Crippen LogP contribution in [0, 0.1) is 17.8 Å². The van der Waals surface area contributed by atoms with Gasteiger partial charge in [-0.25, -0.2) is 0 Å². The van der Waals surface area contributed by atoms with Crippen molar-refractivity contribution in [3.8, 4) is 0 Å². The number of carbonyl (C=O) groups is 1. The van der Waals surface area contributed by atoms with Gasteiger partial charge in [-0.3, -0.25) is 9.80 Å². The minimum absolute atomic E-state index is 0.0112. The van der Waals surface area contributed by atoms with Crippen LogP contribution < -0.4 is 5.32 Å². The van der Waals surface area contributed by atoms with Crippen LogP contribution >= 0.6 is 23.2 Å². The number of anilines is 1. The van der Waals surface area contributed by atoms with Crippen molar-refractivity contribution in [1.82, 2.24) is 9.99 Å². The van der Waals surface area contributed by atoms with E-state index in [1.54, 1.807) is 12.1 Å². The summed E-state index contributed by atoms with van der Waals surface area (Å²) in [5.74, 6) is -2.49. The third-order valence-corrected chi connectivity index (χ3v) is 6.14. The highest BCUT2D eigenvalue weighted by atomic mass is 35.5. The Balaban J connectivity index is 1.59. The molecule has 0 bridgehead atoms. The zero-order valence-corrected chi connectivity index (χ0v) is 17.6. The molecule has 0 saturated heterocycles. The van der Waals surface area contributed by atoms with Gasteiger partial charge in [-0.05, 0) is 30.5 Å². The van der Waals surface area contributed by atoms with Gasteiger partial charge in [-0.15, -0.1) is 0 Å². The zero-order chi connectivity index (χ0) is 21.3. The van der Waals surface area contributed by atoms with E-state index in [1.807, 2.05) is 11.1 Å². The largest absolute Gasteiger partial charge is 0.321 e. The fourth-order valence-corrected chi connectivity index (χ4v) is 4.64. The van der Waals surface area contributed by atoms with E-state index in [-0.39, 0.29) is 17.6 Å². The van der Waals surface area contributed by atoms with Gasteiger partial charge in [0.25, 0.3) is 5.91 Å². The number of hydrazone groups is 1. The number of hydrogen-bond acceptors (Lipinski definition) is 4. The fourth-order valence-electron chi connectivity index (χ4n) is 4.17. The average Bonchev–Trinajstić information content (AvgIpc) is 2.84. The van der Waals surface area contributed by atoms with Crippen molar-refractivity contribution in [2.45, 2.75) is 44.7 Å². The number of fused-ring (bicyclic) bond motifs is 1. The van der Waals surface area contributed by atoms with Gasteiger partial charge in [0.15, 0.2) is 0 Å². The van der Waals surface area contributed by atoms with E-state index in [9.17, 15) is 13.6 Å². The second kappa shape index (κ2) is 8.86. The summed E-state index contributed by atoms with van der Waals surface area (Å²) < 4.78 is 26.8. The smallest absolute Gasteiger partial charge is 0.272 e. The number of hydrogen-bond donors (Lipinski definition) is 1. The van der Waals surface area contributed by atoms with E-state index in [0.717, 1.165) is 49.8 Å². The highest BCUT2D eigenvalue weighted by molar-refractivity contribution is 6.44. The topological polar surface area (TPSA) is 57.6 Å². The first-order valence-electron chi connectivity index (χ1n) is 9.84. The number of pyridine rings is 1. The molecule has 2 aliphatic rings. The quantitative estimate of drug-likeness (QED) is 0.629. The summed E-state index contributed by atoms with van der Waals surface area (Å²) in [4.78, 5) is 16.0. The van der Waals surface area contributed by atoms with Crippen molar-refractivity contribution in [3.63, 3.8) is 0 Å². The molecule has 2 aromatic rings. The van der Waals surface area contributed by atoms with Crippen LogP contribution in [-0.2, 0) is 11.3 Å². The Labute approximate surface area is 183 Å². The van der Waals surface area contributed by atoms with Crippen molar-refractivity contribution >= 4 is 40.5 Å². The minimum atomic E-state index is -0.995. The molecule has 1 saturated carbocycles.